The molecule has 0 aromatic heterocycles. The summed E-state index contributed by atoms with van der Waals surface area (Å²) in [4.78, 5) is 12.2. The summed E-state index contributed by atoms with van der Waals surface area (Å²) < 4.78 is 0. The predicted octanol–water partition coefficient (Wildman–Crippen LogP) is 4.98. The summed E-state index contributed by atoms with van der Waals surface area (Å²) in [6.07, 6.45) is 7.85. The normalized spacial score (nSPS) is 54.1. The van der Waals surface area contributed by atoms with Gasteiger partial charge in [0.05, 0.1) is 17.8 Å². The summed E-state index contributed by atoms with van der Waals surface area (Å²) in [7, 11) is 0. The molecule has 5 aliphatic rings. The van der Waals surface area contributed by atoms with Crippen molar-refractivity contribution in [2.24, 2.45) is 58.2 Å². The van der Waals surface area contributed by atoms with Gasteiger partial charge in [-0.1, -0.05) is 27.7 Å². The van der Waals surface area contributed by atoms with Crippen LogP contribution in [0.3, 0.4) is 0 Å². The standard InChI is InChI=1S/C29H48O4/c1-16(20-12-17(20)2)8-11-28(4,33)24-7-6-21-26-22(15-25(32)29(21,24)5)27(3)10-9-19(30)13-18(27)14-23(26)31/h16-18,20-26,31-33H,6-15H2,1-5H3/t16?,17-,18-,20+,21?,22?,23-,24-,25-,26?,27+,28?,29+/m1/s1. The zero-order valence-corrected chi connectivity index (χ0v) is 21.6. The summed E-state index contributed by atoms with van der Waals surface area (Å²) in [6, 6.07) is 0. The van der Waals surface area contributed by atoms with E-state index in [1.807, 2.05) is 6.92 Å². The minimum absolute atomic E-state index is 0.0388. The summed E-state index contributed by atoms with van der Waals surface area (Å²) in [5.74, 6) is 3.67. The fraction of sp³-hybridized carbons (Fsp3) is 0.966. The molecule has 4 heteroatoms. The minimum Gasteiger partial charge on any atom is -0.393 e. The van der Waals surface area contributed by atoms with E-state index < -0.39 is 17.8 Å². The molecule has 5 aliphatic carbocycles. The molecule has 0 aliphatic heterocycles. The van der Waals surface area contributed by atoms with Gasteiger partial charge in [-0.05, 0) is 111 Å². The molecule has 0 amide bonds. The lowest BCUT2D eigenvalue weighted by Crippen LogP contribution is -2.63. The lowest BCUT2D eigenvalue weighted by Gasteiger charge is -2.63. The Kier molecular flexibility index (Phi) is 5.90. The second kappa shape index (κ2) is 8.03. The van der Waals surface area contributed by atoms with E-state index in [4.69, 9.17) is 0 Å². The van der Waals surface area contributed by atoms with Crippen LogP contribution in [0.4, 0.5) is 0 Å². The summed E-state index contributed by atoms with van der Waals surface area (Å²) in [5.41, 5.74) is -1.10. The van der Waals surface area contributed by atoms with Crippen molar-refractivity contribution in [3.05, 3.63) is 0 Å². The maximum atomic E-state index is 12.2. The van der Waals surface area contributed by atoms with Crippen LogP contribution in [-0.2, 0) is 4.79 Å². The van der Waals surface area contributed by atoms with Crippen molar-refractivity contribution >= 4 is 5.78 Å². The summed E-state index contributed by atoms with van der Waals surface area (Å²) >= 11 is 0. The van der Waals surface area contributed by atoms with E-state index in [0.717, 1.165) is 50.4 Å². The number of fused-ring (bicyclic) bond motifs is 5. The third kappa shape index (κ3) is 3.68. The molecule has 0 aromatic carbocycles. The molecule has 0 radical (unpaired) electrons. The molecule has 5 saturated carbocycles. The van der Waals surface area contributed by atoms with Crippen molar-refractivity contribution in [2.45, 2.75) is 117 Å². The van der Waals surface area contributed by atoms with Crippen molar-refractivity contribution in [3.63, 3.8) is 0 Å². The van der Waals surface area contributed by atoms with E-state index in [1.165, 1.54) is 6.42 Å². The number of carbonyl (C=O) groups excluding carboxylic acids is 1. The molecule has 0 aromatic rings. The molecule has 33 heavy (non-hydrogen) atoms. The van der Waals surface area contributed by atoms with Crippen molar-refractivity contribution in [2.75, 3.05) is 0 Å². The van der Waals surface area contributed by atoms with Crippen LogP contribution < -0.4 is 0 Å². The highest BCUT2D eigenvalue weighted by molar-refractivity contribution is 5.79. The molecule has 13 atom stereocenters. The van der Waals surface area contributed by atoms with Gasteiger partial charge >= 0.3 is 0 Å². The van der Waals surface area contributed by atoms with Crippen LogP contribution in [0.25, 0.3) is 0 Å². The second-order valence-electron chi connectivity index (χ2n) is 14.0. The highest BCUT2D eigenvalue weighted by atomic mass is 16.3. The molecule has 0 spiro atoms. The fourth-order valence-electron chi connectivity index (χ4n) is 10.0. The number of aliphatic hydroxyl groups is 3. The third-order valence-corrected chi connectivity index (χ3v) is 12.4. The SMILES string of the molecule is CC(CCC(C)(O)[C@H]1CCC2C3C(C[C@@H](O)[C@@]21C)[C@@]1(C)CCC(=O)C[C@@H]1C[C@H]3O)[C@@H]1C[C@H]1C. The Labute approximate surface area is 200 Å². The molecule has 0 saturated heterocycles. The van der Waals surface area contributed by atoms with Gasteiger partial charge in [-0.15, -0.1) is 0 Å². The monoisotopic (exact) mass is 460 g/mol. The van der Waals surface area contributed by atoms with E-state index in [0.29, 0.717) is 31.0 Å². The van der Waals surface area contributed by atoms with E-state index in [-0.39, 0.29) is 40.4 Å². The van der Waals surface area contributed by atoms with Crippen LogP contribution in [0, 0.1) is 58.2 Å². The van der Waals surface area contributed by atoms with E-state index in [9.17, 15) is 20.1 Å². The van der Waals surface area contributed by atoms with Crippen molar-refractivity contribution < 1.29 is 20.1 Å². The third-order valence-electron chi connectivity index (χ3n) is 12.4. The first kappa shape index (κ1) is 24.3. The first-order valence-electron chi connectivity index (χ1n) is 14.0. The smallest absolute Gasteiger partial charge is 0.133 e. The molecular weight excluding hydrogens is 412 g/mol. The van der Waals surface area contributed by atoms with Gasteiger partial charge in [0, 0.05) is 18.3 Å². The van der Waals surface area contributed by atoms with Gasteiger partial charge in [0.15, 0.2) is 0 Å². The Hall–Kier alpha value is -0.450. The Morgan fingerprint density at radius 1 is 1.12 bits per heavy atom. The van der Waals surface area contributed by atoms with Gasteiger partial charge in [0.1, 0.15) is 5.78 Å². The Morgan fingerprint density at radius 3 is 2.48 bits per heavy atom. The predicted molar refractivity (Wildman–Crippen MR) is 129 cm³/mol. The second-order valence-corrected chi connectivity index (χ2v) is 14.0. The van der Waals surface area contributed by atoms with Crippen LogP contribution in [0.15, 0.2) is 0 Å². The van der Waals surface area contributed by atoms with Crippen LogP contribution in [0.5, 0.6) is 0 Å². The lowest BCUT2D eigenvalue weighted by atomic mass is 9.43. The van der Waals surface area contributed by atoms with Gasteiger partial charge < -0.3 is 15.3 Å². The molecule has 0 heterocycles. The number of Topliss-reactive ketones (excluding diaryl/α,β-unsaturated/α-hetero) is 1. The van der Waals surface area contributed by atoms with E-state index in [2.05, 4.69) is 27.7 Å². The Morgan fingerprint density at radius 2 is 1.82 bits per heavy atom. The molecule has 0 bridgehead atoms. The topological polar surface area (TPSA) is 77.8 Å². The zero-order valence-electron chi connectivity index (χ0n) is 21.6. The quantitative estimate of drug-likeness (QED) is 0.541. The summed E-state index contributed by atoms with van der Waals surface area (Å²) in [6.45, 7) is 11.3. The number of rotatable bonds is 5. The molecule has 3 N–H and O–H groups in total. The molecular formula is C29H48O4. The Bertz CT molecular complexity index is 778. The van der Waals surface area contributed by atoms with Crippen LogP contribution in [0.2, 0.25) is 0 Å². The van der Waals surface area contributed by atoms with Crippen molar-refractivity contribution in [3.8, 4) is 0 Å². The fourth-order valence-corrected chi connectivity index (χ4v) is 10.0. The number of hydrogen-bond acceptors (Lipinski definition) is 4. The zero-order chi connectivity index (χ0) is 23.9. The number of ketones is 1. The van der Waals surface area contributed by atoms with Crippen LogP contribution in [0.1, 0.15) is 98.8 Å². The number of hydrogen-bond donors (Lipinski definition) is 3. The highest BCUT2D eigenvalue weighted by Crippen LogP contribution is 2.68. The number of carbonyl (C=O) groups is 1. The molecule has 5 fully saturated rings. The maximum absolute atomic E-state index is 12.2. The van der Waals surface area contributed by atoms with Crippen molar-refractivity contribution in [1.29, 1.82) is 0 Å². The molecule has 4 nitrogen and oxygen atoms in total. The van der Waals surface area contributed by atoms with Gasteiger partial charge in [-0.2, -0.15) is 0 Å². The molecule has 5 rings (SSSR count). The first-order chi connectivity index (χ1) is 15.4. The highest BCUT2D eigenvalue weighted by Gasteiger charge is 2.67. The van der Waals surface area contributed by atoms with Crippen molar-refractivity contribution in [1.82, 2.24) is 0 Å². The maximum Gasteiger partial charge on any atom is 0.133 e. The van der Waals surface area contributed by atoms with E-state index >= 15 is 0 Å². The first-order valence-corrected chi connectivity index (χ1v) is 14.0. The Balaban J connectivity index is 1.37. The van der Waals surface area contributed by atoms with E-state index in [1.54, 1.807) is 0 Å². The minimum atomic E-state index is -0.785. The lowest BCUT2D eigenvalue weighted by molar-refractivity contribution is -0.212. The average molecular weight is 461 g/mol. The largest absolute Gasteiger partial charge is 0.393 e. The van der Waals surface area contributed by atoms with Gasteiger partial charge in [0.25, 0.3) is 0 Å². The van der Waals surface area contributed by atoms with Crippen LogP contribution >= 0.6 is 0 Å². The average Bonchev–Trinajstić information content (AvgIpc) is 3.36. The number of aliphatic hydroxyl groups excluding tert-OH is 2. The van der Waals surface area contributed by atoms with Gasteiger partial charge in [-0.3, -0.25) is 4.79 Å². The van der Waals surface area contributed by atoms with Gasteiger partial charge in [0.2, 0.25) is 0 Å². The summed E-state index contributed by atoms with van der Waals surface area (Å²) in [5, 5.41) is 34.9. The molecule has 5 unspecified atom stereocenters. The van der Waals surface area contributed by atoms with Gasteiger partial charge in [-0.25, -0.2) is 0 Å². The van der Waals surface area contributed by atoms with Crippen LogP contribution in [-0.4, -0.2) is 38.9 Å². The molecule has 188 valence electrons.